The van der Waals surface area contributed by atoms with E-state index in [0.29, 0.717) is 12.1 Å². The third kappa shape index (κ3) is 2.47. The number of nitrogens with zero attached hydrogens (tertiary/aromatic N) is 1. The van der Waals surface area contributed by atoms with Crippen LogP contribution in [0.4, 0.5) is 23.2 Å². The van der Waals surface area contributed by atoms with Crippen molar-refractivity contribution >= 4 is 15.5 Å². The molecule has 1 heterocycles. The van der Waals surface area contributed by atoms with Crippen LogP contribution in [-0.4, -0.2) is 13.3 Å². The quantitative estimate of drug-likeness (QED) is 0.416. The van der Waals surface area contributed by atoms with E-state index in [9.17, 15) is 36.1 Å². The van der Waals surface area contributed by atoms with Gasteiger partial charge in [-0.3, -0.25) is 10.1 Å². The summed E-state index contributed by atoms with van der Waals surface area (Å²) >= 11 is 0. The van der Waals surface area contributed by atoms with Crippen molar-refractivity contribution < 1.29 is 30.9 Å². The van der Waals surface area contributed by atoms with Gasteiger partial charge in [0.25, 0.3) is 5.69 Å². The van der Waals surface area contributed by atoms with Crippen LogP contribution >= 0.6 is 0 Å². The Balaban J connectivity index is 2.48. The van der Waals surface area contributed by atoms with E-state index in [1.165, 1.54) is 19.9 Å². The zero-order chi connectivity index (χ0) is 19.7. The van der Waals surface area contributed by atoms with Crippen molar-refractivity contribution in [3.05, 3.63) is 63.0 Å². The number of nitro groups is 1. The van der Waals surface area contributed by atoms with Crippen molar-refractivity contribution in [2.75, 3.05) is 0 Å². The first-order valence-corrected chi connectivity index (χ1v) is 8.71. The molecule has 0 bridgehead atoms. The Morgan fingerprint density at radius 1 is 1.04 bits per heavy atom. The molecule has 10 heteroatoms. The van der Waals surface area contributed by atoms with Gasteiger partial charge in [-0.2, -0.15) is 13.2 Å². The van der Waals surface area contributed by atoms with E-state index in [2.05, 4.69) is 0 Å². The number of halogens is 4. The number of benzene rings is 2. The molecular formula is C16H11F4NO4S. The van der Waals surface area contributed by atoms with Crippen LogP contribution in [0, 0.1) is 15.9 Å². The van der Waals surface area contributed by atoms with Crippen molar-refractivity contribution in [3.63, 3.8) is 0 Å². The number of nitro benzene ring substituents is 1. The molecule has 2 aromatic carbocycles. The van der Waals surface area contributed by atoms with Gasteiger partial charge in [-0.1, -0.05) is 19.9 Å². The number of fused-ring (bicyclic) bond motifs is 2. The highest BCUT2D eigenvalue weighted by molar-refractivity contribution is 7.91. The van der Waals surface area contributed by atoms with Gasteiger partial charge in [0, 0.05) is 11.5 Å². The average molecular weight is 389 g/mol. The smallest absolute Gasteiger partial charge is 0.258 e. The van der Waals surface area contributed by atoms with E-state index >= 15 is 0 Å². The minimum absolute atomic E-state index is 0.119. The SMILES string of the molecule is CC1(C)c2ccc(F)cc2S(=O)(=O)c2cc([N+](=O)[O-])c(C(F)(F)F)cc21. The van der Waals surface area contributed by atoms with E-state index < -0.39 is 53.2 Å². The summed E-state index contributed by atoms with van der Waals surface area (Å²) in [6.07, 6.45) is -5.04. The van der Waals surface area contributed by atoms with Crippen LogP contribution in [0.3, 0.4) is 0 Å². The van der Waals surface area contributed by atoms with Gasteiger partial charge in [-0.05, 0) is 29.3 Å². The second kappa shape index (κ2) is 5.26. The minimum atomic E-state index is -5.04. The van der Waals surface area contributed by atoms with Gasteiger partial charge in [0.1, 0.15) is 11.4 Å². The molecule has 0 atom stereocenters. The molecule has 5 nitrogen and oxygen atoms in total. The first kappa shape index (κ1) is 18.3. The summed E-state index contributed by atoms with van der Waals surface area (Å²) in [6, 6.07) is 3.87. The molecule has 0 aromatic heterocycles. The molecule has 0 spiro atoms. The van der Waals surface area contributed by atoms with Crippen molar-refractivity contribution in [2.24, 2.45) is 0 Å². The molecule has 0 saturated heterocycles. The fraction of sp³-hybridized carbons (Fsp3) is 0.250. The Morgan fingerprint density at radius 2 is 1.62 bits per heavy atom. The van der Waals surface area contributed by atoms with Gasteiger partial charge in [0.05, 0.1) is 14.7 Å². The minimum Gasteiger partial charge on any atom is -0.258 e. The Labute approximate surface area is 145 Å². The largest absolute Gasteiger partial charge is 0.423 e. The first-order chi connectivity index (χ1) is 11.8. The Morgan fingerprint density at radius 3 is 2.15 bits per heavy atom. The lowest BCUT2D eigenvalue weighted by atomic mass is 9.77. The molecule has 1 aliphatic heterocycles. The van der Waals surface area contributed by atoms with Crippen molar-refractivity contribution in [3.8, 4) is 0 Å². The summed E-state index contributed by atoms with van der Waals surface area (Å²) in [5.74, 6) is -0.840. The summed E-state index contributed by atoms with van der Waals surface area (Å²) in [7, 11) is -4.42. The third-order valence-electron chi connectivity index (χ3n) is 4.47. The number of hydrogen-bond acceptors (Lipinski definition) is 4. The second-order valence-corrected chi connectivity index (χ2v) is 8.28. The van der Waals surface area contributed by atoms with Crippen molar-refractivity contribution in [1.82, 2.24) is 0 Å². The normalized spacial score (nSPS) is 17.3. The van der Waals surface area contributed by atoms with Gasteiger partial charge in [-0.15, -0.1) is 0 Å². The van der Waals surface area contributed by atoms with E-state index in [1.807, 2.05) is 0 Å². The van der Waals surface area contributed by atoms with Gasteiger partial charge in [0.2, 0.25) is 9.84 Å². The van der Waals surface area contributed by atoms with Gasteiger partial charge in [-0.25, -0.2) is 12.8 Å². The molecule has 0 saturated carbocycles. The molecule has 1 aliphatic rings. The molecule has 0 amide bonds. The number of rotatable bonds is 1. The van der Waals surface area contributed by atoms with Crippen LogP contribution < -0.4 is 0 Å². The molecular weight excluding hydrogens is 378 g/mol. The predicted molar refractivity (Wildman–Crippen MR) is 82.1 cm³/mol. The standard InChI is InChI=1S/C16H11F4NO4S/c1-15(2)9-4-3-8(17)5-13(9)26(24,25)14-7-12(21(22)23)10(6-11(14)15)16(18,19)20/h3-7H,1-2H3. The second-order valence-electron chi connectivity index (χ2n) is 6.39. The topological polar surface area (TPSA) is 77.3 Å². The van der Waals surface area contributed by atoms with Crippen LogP contribution in [0.5, 0.6) is 0 Å². The first-order valence-electron chi connectivity index (χ1n) is 7.23. The zero-order valence-electron chi connectivity index (χ0n) is 13.4. The number of alkyl halides is 3. The summed E-state index contributed by atoms with van der Waals surface area (Å²) < 4.78 is 79.0. The predicted octanol–water partition coefficient (Wildman–Crippen LogP) is 4.22. The summed E-state index contributed by atoms with van der Waals surface area (Å²) in [5, 5.41) is 11.1. The molecule has 0 N–H and O–H groups in total. The monoisotopic (exact) mass is 389 g/mol. The Kier molecular flexibility index (Phi) is 3.70. The lowest BCUT2D eigenvalue weighted by Gasteiger charge is -2.35. The lowest BCUT2D eigenvalue weighted by Crippen LogP contribution is -2.31. The number of hydrogen-bond donors (Lipinski definition) is 0. The van der Waals surface area contributed by atoms with Crippen LogP contribution in [0.15, 0.2) is 40.1 Å². The van der Waals surface area contributed by atoms with Crippen molar-refractivity contribution in [1.29, 1.82) is 0 Å². The molecule has 0 aliphatic carbocycles. The molecule has 3 rings (SSSR count). The Hall–Kier alpha value is -2.49. The average Bonchev–Trinajstić information content (AvgIpc) is 2.51. The van der Waals surface area contributed by atoms with E-state index in [-0.39, 0.29) is 11.1 Å². The zero-order valence-corrected chi connectivity index (χ0v) is 14.2. The molecule has 2 aromatic rings. The fourth-order valence-electron chi connectivity index (χ4n) is 3.16. The number of sulfone groups is 1. The van der Waals surface area contributed by atoms with Crippen LogP contribution in [0.2, 0.25) is 0 Å². The van der Waals surface area contributed by atoms with Gasteiger partial charge < -0.3 is 0 Å². The third-order valence-corrected chi connectivity index (χ3v) is 6.30. The summed E-state index contributed by atoms with van der Waals surface area (Å²) in [5.41, 5.74) is -4.24. The van der Waals surface area contributed by atoms with Crippen LogP contribution in [0.1, 0.15) is 30.5 Å². The summed E-state index contributed by atoms with van der Waals surface area (Å²) in [6.45, 7) is 2.95. The highest BCUT2D eigenvalue weighted by Crippen LogP contribution is 2.49. The maximum atomic E-state index is 13.6. The Bertz CT molecular complexity index is 1060. The van der Waals surface area contributed by atoms with Gasteiger partial charge in [0.15, 0.2) is 0 Å². The highest BCUT2D eigenvalue weighted by Gasteiger charge is 2.46. The molecule has 0 fully saturated rings. The maximum absolute atomic E-state index is 13.6. The van der Waals surface area contributed by atoms with E-state index in [4.69, 9.17) is 0 Å². The van der Waals surface area contributed by atoms with E-state index in [1.54, 1.807) is 0 Å². The fourth-order valence-corrected chi connectivity index (χ4v) is 5.14. The highest BCUT2D eigenvalue weighted by atomic mass is 32.2. The van der Waals surface area contributed by atoms with Crippen molar-refractivity contribution in [2.45, 2.75) is 35.2 Å². The summed E-state index contributed by atoms with van der Waals surface area (Å²) in [4.78, 5) is 8.75. The molecule has 0 unspecified atom stereocenters. The van der Waals surface area contributed by atoms with Crippen LogP contribution in [0.25, 0.3) is 0 Å². The van der Waals surface area contributed by atoms with Crippen LogP contribution in [-0.2, 0) is 21.4 Å². The maximum Gasteiger partial charge on any atom is 0.423 e. The van der Waals surface area contributed by atoms with Gasteiger partial charge >= 0.3 is 6.18 Å². The lowest BCUT2D eigenvalue weighted by molar-refractivity contribution is -0.388. The molecule has 26 heavy (non-hydrogen) atoms. The molecule has 138 valence electrons. The molecule has 0 radical (unpaired) electrons. The van der Waals surface area contributed by atoms with E-state index in [0.717, 1.165) is 12.1 Å².